The van der Waals surface area contributed by atoms with Gasteiger partial charge in [-0.3, -0.25) is 18.6 Å². The lowest BCUT2D eigenvalue weighted by Gasteiger charge is -2.19. The number of carbonyl (C=O) groups excluding carboxylic acids is 2. The Labute approximate surface area is 337 Å². The molecule has 0 aromatic rings. The van der Waals surface area contributed by atoms with Crippen molar-refractivity contribution in [1.29, 1.82) is 0 Å². The van der Waals surface area contributed by atoms with E-state index in [9.17, 15) is 19.0 Å². The molecule has 0 heterocycles. The van der Waals surface area contributed by atoms with Crippen LogP contribution in [0.1, 0.15) is 206 Å². The normalized spacial score (nSPS) is 13.6. The highest BCUT2D eigenvalue weighted by Gasteiger charge is 2.26. The quantitative estimate of drug-likeness (QED) is 0.0268. The van der Waals surface area contributed by atoms with Crippen LogP contribution in [-0.2, 0) is 32.7 Å². The molecule has 0 aliphatic heterocycles. The standard InChI is InChI=1S/C45H84NO8P/c1-3-5-7-9-11-13-15-17-19-21-23-25-27-29-31-33-35-37-44(47)51-41-43(42-53-55(49,50)52-40-39-46)54-45(48)38-36-34-32-30-28-26-24-22-20-18-16-14-12-10-8-6-4-2/h6,8,12,14,18,20,43H,3-5,7,9-11,13,15-17,19,21-42,46H2,1-2H3,(H,49,50)/b8-6-,14-12-,20-18-. The molecule has 0 bridgehead atoms. The molecule has 2 atom stereocenters. The fourth-order valence-electron chi connectivity index (χ4n) is 6.24. The highest BCUT2D eigenvalue weighted by molar-refractivity contribution is 7.47. The Morgan fingerprint density at radius 2 is 1.00 bits per heavy atom. The number of phosphoric acid groups is 1. The van der Waals surface area contributed by atoms with E-state index in [0.29, 0.717) is 6.42 Å². The molecule has 0 aromatic heterocycles. The molecule has 0 fully saturated rings. The molecule has 55 heavy (non-hydrogen) atoms. The van der Waals surface area contributed by atoms with Gasteiger partial charge in [0, 0.05) is 19.4 Å². The van der Waals surface area contributed by atoms with Crippen LogP contribution in [0.4, 0.5) is 0 Å². The second-order valence-corrected chi connectivity index (χ2v) is 16.3. The van der Waals surface area contributed by atoms with Crippen molar-refractivity contribution >= 4 is 19.8 Å². The van der Waals surface area contributed by atoms with Crippen molar-refractivity contribution in [1.82, 2.24) is 0 Å². The van der Waals surface area contributed by atoms with Gasteiger partial charge < -0.3 is 20.1 Å². The van der Waals surface area contributed by atoms with Crippen LogP contribution in [-0.4, -0.2) is 49.3 Å². The molecule has 0 aromatic carbocycles. The predicted octanol–water partition coefficient (Wildman–Crippen LogP) is 12.9. The lowest BCUT2D eigenvalue weighted by atomic mass is 10.0. The minimum atomic E-state index is -4.38. The van der Waals surface area contributed by atoms with Crippen molar-refractivity contribution in [2.24, 2.45) is 5.73 Å². The summed E-state index contributed by atoms with van der Waals surface area (Å²) in [4.78, 5) is 34.9. The monoisotopic (exact) mass is 798 g/mol. The smallest absolute Gasteiger partial charge is 0.462 e. The number of hydrogen-bond donors (Lipinski definition) is 2. The Kier molecular flexibility index (Phi) is 40.5. The summed E-state index contributed by atoms with van der Waals surface area (Å²) in [6.45, 7) is 3.63. The Balaban J connectivity index is 4.12. The van der Waals surface area contributed by atoms with Crippen LogP contribution in [0.3, 0.4) is 0 Å². The van der Waals surface area contributed by atoms with Gasteiger partial charge in [0.05, 0.1) is 13.2 Å². The number of unbranched alkanes of at least 4 members (excludes halogenated alkanes) is 23. The summed E-state index contributed by atoms with van der Waals surface area (Å²) in [5, 5.41) is 0. The molecule has 2 unspecified atom stereocenters. The van der Waals surface area contributed by atoms with Crippen LogP contribution >= 0.6 is 7.82 Å². The summed E-state index contributed by atoms with van der Waals surface area (Å²) in [5.41, 5.74) is 5.35. The number of hydrogen-bond acceptors (Lipinski definition) is 8. The summed E-state index contributed by atoms with van der Waals surface area (Å²) < 4.78 is 32.8. The highest BCUT2D eigenvalue weighted by atomic mass is 31.2. The number of allylic oxidation sites excluding steroid dienone is 6. The molecule has 3 N–H and O–H groups in total. The van der Waals surface area contributed by atoms with Gasteiger partial charge in [-0.05, 0) is 44.9 Å². The van der Waals surface area contributed by atoms with Gasteiger partial charge >= 0.3 is 19.8 Å². The van der Waals surface area contributed by atoms with Crippen LogP contribution in [0.2, 0.25) is 0 Å². The minimum Gasteiger partial charge on any atom is -0.462 e. The van der Waals surface area contributed by atoms with Crippen molar-refractivity contribution < 1.29 is 37.6 Å². The topological polar surface area (TPSA) is 134 Å². The summed E-state index contributed by atoms with van der Waals surface area (Å²) in [5.74, 6) is -0.833. The van der Waals surface area contributed by atoms with Crippen molar-refractivity contribution in [2.45, 2.75) is 213 Å². The first-order valence-electron chi connectivity index (χ1n) is 22.5. The molecule has 0 radical (unpaired) electrons. The van der Waals surface area contributed by atoms with Crippen molar-refractivity contribution in [2.75, 3.05) is 26.4 Å². The summed E-state index contributed by atoms with van der Waals surface area (Å²) in [6, 6.07) is 0. The molecule has 0 amide bonds. The molecular formula is C45H84NO8P. The van der Waals surface area contributed by atoms with Crippen molar-refractivity contribution in [3.8, 4) is 0 Å². The molecule has 322 valence electrons. The second-order valence-electron chi connectivity index (χ2n) is 14.9. The van der Waals surface area contributed by atoms with Crippen LogP contribution in [0.5, 0.6) is 0 Å². The van der Waals surface area contributed by atoms with Crippen LogP contribution in [0, 0.1) is 0 Å². The molecule has 0 saturated carbocycles. The average molecular weight is 798 g/mol. The SMILES string of the molecule is CC/C=C\C/C=C\C/C=C\CCCCCCCCCC(=O)OC(COC(=O)CCCCCCCCCCCCCCCCCCC)COP(=O)(O)OCCN. The minimum absolute atomic E-state index is 0.0521. The first-order chi connectivity index (χ1) is 26.8. The molecule has 0 spiro atoms. The average Bonchev–Trinajstić information content (AvgIpc) is 3.17. The van der Waals surface area contributed by atoms with E-state index >= 15 is 0 Å². The van der Waals surface area contributed by atoms with Gasteiger partial charge in [-0.1, -0.05) is 185 Å². The zero-order valence-electron chi connectivity index (χ0n) is 35.4. The van der Waals surface area contributed by atoms with E-state index in [0.717, 1.165) is 64.2 Å². The van der Waals surface area contributed by atoms with Gasteiger partial charge in [-0.25, -0.2) is 4.57 Å². The van der Waals surface area contributed by atoms with Crippen LogP contribution < -0.4 is 5.73 Å². The molecular weight excluding hydrogens is 713 g/mol. The fraction of sp³-hybridized carbons (Fsp3) is 0.822. The molecule has 10 heteroatoms. The predicted molar refractivity (Wildman–Crippen MR) is 229 cm³/mol. The Bertz CT molecular complexity index is 1000. The zero-order chi connectivity index (χ0) is 40.3. The maximum Gasteiger partial charge on any atom is 0.472 e. The lowest BCUT2D eigenvalue weighted by Crippen LogP contribution is -2.29. The third-order valence-electron chi connectivity index (χ3n) is 9.54. The first-order valence-corrected chi connectivity index (χ1v) is 24.0. The van der Waals surface area contributed by atoms with E-state index in [1.54, 1.807) is 0 Å². The third-order valence-corrected chi connectivity index (χ3v) is 10.5. The maximum atomic E-state index is 12.6. The van der Waals surface area contributed by atoms with Crippen LogP contribution in [0.25, 0.3) is 0 Å². The summed E-state index contributed by atoms with van der Waals surface area (Å²) in [6.07, 6.45) is 46.0. The zero-order valence-corrected chi connectivity index (χ0v) is 36.3. The number of esters is 2. The van der Waals surface area contributed by atoms with Gasteiger partial charge in [0.2, 0.25) is 0 Å². The van der Waals surface area contributed by atoms with Gasteiger partial charge in [-0.15, -0.1) is 0 Å². The largest absolute Gasteiger partial charge is 0.472 e. The van der Waals surface area contributed by atoms with Crippen molar-refractivity contribution in [3.63, 3.8) is 0 Å². The molecule has 0 aliphatic rings. The van der Waals surface area contributed by atoms with E-state index < -0.39 is 26.5 Å². The van der Waals surface area contributed by atoms with Gasteiger partial charge in [-0.2, -0.15) is 0 Å². The third kappa shape index (κ3) is 41.7. The first kappa shape index (κ1) is 53.2. The summed E-state index contributed by atoms with van der Waals surface area (Å²) in [7, 11) is -4.38. The molecule has 9 nitrogen and oxygen atoms in total. The number of rotatable bonds is 42. The number of phosphoric ester groups is 1. The summed E-state index contributed by atoms with van der Waals surface area (Å²) >= 11 is 0. The van der Waals surface area contributed by atoms with E-state index in [-0.39, 0.29) is 38.6 Å². The Morgan fingerprint density at radius 3 is 1.49 bits per heavy atom. The molecule has 0 aliphatic carbocycles. The second kappa shape index (κ2) is 41.9. The van der Waals surface area contributed by atoms with E-state index in [2.05, 4.69) is 50.3 Å². The molecule has 0 saturated heterocycles. The van der Waals surface area contributed by atoms with Gasteiger partial charge in [0.15, 0.2) is 6.10 Å². The van der Waals surface area contributed by atoms with E-state index in [1.165, 1.54) is 109 Å². The van der Waals surface area contributed by atoms with Gasteiger partial charge in [0.25, 0.3) is 0 Å². The molecule has 0 rings (SSSR count). The maximum absolute atomic E-state index is 12.6. The number of ether oxygens (including phenoxy) is 2. The van der Waals surface area contributed by atoms with E-state index in [1.807, 2.05) is 0 Å². The fourth-order valence-corrected chi connectivity index (χ4v) is 7.00. The Hall–Kier alpha value is -1.77. The highest BCUT2D eigenvalue weighted by Crippen LogP contribution is 2.43. The van der Waals surface area contributed by atoms with Gasteiger partial charge in [0.1, 0.15) is 6.61 Å². The lowest BCUT2D eigenvalue weighted by molar-refractivity contribution is -0.161. The van der Waals surface area contributed by atoms with Crippen LogP contribution in [0.15, 0.2) is 36.5 Å². The number of nitrogens with two attached hydrogens (primary N) is 1. The van der Waals surface area contributed by atoms with Crippen molar-refractivity contribution in [3.05, 3.63) is 36.5 Å². The Morgan fingerprint density at radius 1 is 0.564 bits per heavy atom. The van der Waals surface area contributed by atoms with E-state index in [4.69, 9.17) is 24.3 Å². The number of carbonyl (C=O) groups is 2.